The van der Waals surface area contributed by atoms with Crippen molar-refractivity contribution in [2.75, 3.05) is 5.73 Å². The maximum Gasteiger partial charge on any atom is 0.260 e. The van der Waals surface area contributed by atoms with E-state index in [4.69, 9.17) is 10.3 Å². The zero-order valence-corrected chi connectivity index (χ0v) is 11.8. The van der Waals surface area contributed by atoms with Crippen LogP contribution in [0.3, 0.4) is 0 Å². The number of rotatable bonds is 2. The predicted octanol–water partition coefficient (Wildman–Crippen LogP) is 3.95. The van der Waals surface area contributed by atoms with Gasteiger partial charge in [0.15, 0.2) is 0 Å². The van der Waals surface area contributed by atoms with Crippen molar-refractivity contribution in [3.63, 3.8) is 0 Å². The third-order valence-electron chi connectivity index (χ3n) is 2.46. The fourth-order valence-electron chi connectivity index (χ4n) is 1.60. The molecule has 4 nitrogen and oxygen atoms in total. The molecule has 2 N–H and O–H groups in total. The van der Waals surface area contributed by atoms with Crippen molar-refractivity contribution in [3.05, 3.63) is 39.9 Å². The number of anilines is 1. The van der Waals surface area contributed by atoms with Crippen LogP contribution in [-0.2, 0) is 0 Å². The summed E-state index contributed by atoms with van der Waals surface area (Å²) in [5.74, 6) is 0.356. The van der Waals surface area contributed by atoms with Crippen LogP contribution < -0.4 is 5.73 Å². The summed E-state index contributed by atoms with van der Waals surface area (Å²) >= 11 is 4.87. The van der Waals surface area contributed by atoms with Gasteiger partial charge in [-0.25, -0.2) is 4.39 Å². The van der Waals surface area contributed by atoms with E-state index in [0.29, 0.717) is 11.4 Å². The Labute approximate surface area is 120 Å². The molecule has 1 aromatic carbocycles. The molecule has 0 unspecified atom stereocenters. The van der Waals surface area contributed by atoms with Gasteiger partial charge in [-0.3, -0.25) is 0 Å². The number of benzene rings is 1. The zero-order chi connectivity index (χ0) is 13.4. The first-order valence-electron chi connectivity index (χ1n) is 5.28. The molecule has 2 heterocycles. The Morgan fingerprint density at radius 3 is 2.79 bits per heavy atom. The van der Waals surface area contributed by atoms with E-state index < -0.39 is 5.82 Å². The summed E-state index contributed by atoms with van der Waals surface area (Å²) in [4.78, 5) is 5.14. The third kappa shape index (κ3) is 2.39. The minimum absolute atomic E-state index is 0.266. The van der Waals surface area contributed by atoms with Crippen LogP contribution in [0.2, 0.25) is 0 Å². The summed E-state index contributed by atoms with van der Waals surface area (Å²) in [7, 11) is 0. The molecule has 3 aromatic rings. The Hall–Kier alpha value is -1.73. The van der Waals surface area contributed by atoms with Crippen LogP contribution in [0.15, 0.2) is 38.6 Å². The average molecular weight is 340 g/mol. The highest BCUT2D eigenvalue weighted by Gasteiger charge is 2.14. The summed E-state index contributed by atoms with van der Waals surface area (Å²) < 4.78 is 19.1. The summed E-state index contributed by atoms with van der Waals surface area (Å²) in [5, 5.41) is 3.89. The van der Waals surface area contributed by atoms with Crippen molar-refractivity contribution >= 4 is 33.0 Å². The lowest BCUT2D eigenvalue weighted by Gasteiger charge is -1.99. The lowest BCUT2D eigenvalue weighted by Crippen LogP contribution is -1.91. The Morgan fingerprint density at radius 1 is 1.26 bits per heavy atom. The van der Waals surface area contributed by atoms with E-state index in [-0.39, 0.29) is 11.6 Å². The maximum atomic E-state index is 13.0. The third-order valence-corrected chi connectivity index (χ3v) is 4.08. The molecule has 0 amide bonds. The van der Waals surface area contributed by atoms with Gasteiger partial charge < -0.3 is 10.3 Å². The lowest BCUT2D eigenvalue weighted by molar-refractivity contribution is 0.432. The second-order valence-corrected chi connectivity index (χ2v) is 6.22. The summed E-state index contributed by atoms with van der Waals surface area (Å²) in [6, 6.07) is 7.84. The summed E-state index contributed by atoms with van der Waals surface area (Å²) in [6.07, 6.45) is 0. The van der Waals surface area contributed by atoms with E-state index in [1.807, 2.05) is 12.1 Å². The number of halogens is 2. The monoisotopic (exact) mass is 339 g/mol. The van der Waals surface area contributed by atoms with E-state index in [1.165, 1.54) is 29.5 Å². The second kappa shape index (κ2) is 4.75. The molecule has 96 valence electrons. The number of nitrogens with zero attached hydrogens (tertiary/aromatic N) is 2. The van der Waals surface area contributed by atoms with Gasteiger partial charge in [0.1, 0.15) is 5.82 Å². The second-order valence-electron chi connectivity index (χ2n) is 3.76. The highest BCUT2D eigenvalue weighted by Crippen LogP contribution is 2.32. The van der Waals surface area contributed by atoms with Crippen molar-refractivity contribution in [1.29, 1.82) is 0 Å². The van der Waals surface area contributed by atoms with Gasteiger partial charge in [-0.2, -0.15) is 4.98 Å². The minimum atomic E-state index is -0.400. The van der Waals surface area contributed by atoms with Crippen molar-refractivity contribution in [1.82, 2.24) is 10.1 Å². The van der Waals surface area contributed by atoms with Crippen LogP contribution in [0, 0.1) is 5.82 Å². The number of hydrogen-bond donors (Lipinski definition) is 1. The summed E-state index contributed by atoms with van der Waals surface area (Å²) in [5.41, 5.74) is 6.52. The number of nitrogens with two attached hydrogens (primary N) is 1. The van der Waals surface area contributed by atoms with Crippen molar-refractivity contribution < 1.29 is 8.91 Å². The number of nitrogen functional groups attached to an aromatic ring is 1. The molecule has 0 aliphatic rings. The van der Waals surface area contributed by atoms with Crippen LogP contribution in [0.25, 0.3) is 22.2 Å². The van der Waals surface area contributed by atoms with E-state index in [2.05, 4.69) is 26.1 Å². The normalized spacial score (nSPS) is 10.8. The number of thiophene rings is 1. The molecule has 3 rings (SSSR count). The molecule has 0 saturated carbocycles. The van der Waals surface area contributed by atoms with Crippen LogP contribution in [0.1, 0.15) is 0 Å². The van der Waals surface area contributed by atoms with E-state index >= 15 is 0 Å². The van der Waals surface area contributed by atoms with Gasteiger partial charge in [0.25, 0.3) is 5.89 Å². The molecular formula is C12H7BrFN3OS. The van der Waals surface area contributed by atoms with Gasteiger partial charge in [0.05, 0.1) is 14.2 Å². The maximum absolute atomic E-state index is 13.0. The average Bonchev–Trinajstić information content (AvgIpc) is 2.97. The lowest BCUT2D eigenvalue weighted by atomic mass is 10.2. The molecule has 0 fully saturated rings. The molecule has 2 aromatic heterocycles. The zero-order valence-electron chi connectivity index (χ0n) is 9.43. The molecule has 19 heavy (non-hydrogen) atoms. The van der Waals surface area contributed by atoms with E-state index in [0.717, 1.165) is 8.66 Å². The highest BCUT2D eigenvalue weighted by molar-refractivity contribution is 9.11. The van der Waals surface area contributed by atoms with Gasteiger partial charge in [-0.1, -0.05) is 5.16 Å². The molecule has 0 radical (unpaired) electrons. The van der Waals surface area contributed by atoms with Gasteiger partial charge in [-0.15, -0.1) is 11.3 Å². The first kappa shape index (κ1) is 12.3. The van der Waals surface area contributed by atoms with E-state index in [9.17, 15) is 4.39 Å². The largest absolute Gasteiger partial charge is 0.398 e. The van der Waals surface area contributed by atoms with Gasteiger partial charge in [0.2, 0.25) is 5.82 Å². The number of aromatic nitrogens is 2. The highest BCUT2D eigenvalue weighted by atomic mass is 79.9. The molecule has 0 saturated heterocycles. The molecule has 0 bridgehead atoms. The quantitative estimate of drug-likeness (QED) is 0.718. The molecule has 0 atom stereocenters. The predicted molar refractivity (Wildman–Crippen MR) is 75.1 cm³/mol. The summed E-state index contributed by atoms with van der Waals surface area (Å²) in [6.45, 7) is 0. The topological polar surface area (TPSA) is 64.9 Å². The van der Waals surface area contributed by atoms with Gasteiger partial charge in [0, 0.05) is 5.69 Å². The first-order chi connectivity index (χ1) is 9.13. The smallest absolute Gasteiger partial charge is 0.260 e. The molecule has 0 aliphatic heterocycles. The van der Waals surface area contributed by atoms with Crippen LogP contribution >= 0.6 is 27.3 Å². The van der Waals surface area contributed by atoms with Crippen molar-refractivity contribution in [2.24, 2.45) is 0 Å². The minimum Gasteiger partial charge on any atom is -0.398 e. The Morgan fingerprint density at radius 2 is 2.11 bits per heavy atom. The standard InChI is InChI=1S/C12H7BrFN3OS/c13-10-4-3-9(19-10)11-16-12(18-17-11)7-2-1-6(14)5-8(7)15/h1-5H,15H2. The van der Waals surface area contributed by atoms with Crippen LogP contribution in [-0.4, -0.2) is 10.1 Å². The Kier molecular flexibility index (Phi) is 3.08. The fraction of sp³-hybridized carbons (Fsp3) is 0. The van der Waals surface area contributed by atoms with Crippen LogP contribution in [0.5, 0.6) is 0 Å². The molecule has 0 spiro atoms. The van der Waals surface area contributed by atoms with Crippen molar-refractivity contribution in [3.8, 4) is 22.2 Å². The van der Waals surface area contributed by atoms with Gasteiger partial charge >= 0.3 is 0 Å². The van der Waals surface area contributed by atoms with Crippen LogP contribution in [0.4, 0.5) is 10.1 Å². The van der Waals surface area contributed by atoms with E-state index in [1.54, 1.807) is 0 Å². The SMILES string of the molecule is Nc1cc(F)ccc1-c1nc(-c2ccc(Br)s2)no1. The molecule has 7 heteroatoms. The van der Waals surface area contributed by atoms with Crippen molar-refractivity contribution in [2.45, 2.75) is 0 Å². The number of hydrogen-bond acceptors (Lipinski definition) is 5. The fourth-order valence-corrected chi connectivity index (χ4v) is 2.91. The molecule has 0 aliphatic carbocycles. The first-order valence-corrected chi connectivity index (χ1v) is 6.89. The Bertz CT molecular complexity index is 740. The van der Waals surface area contributed by atoms with Gasteiger partial charge in [-0.05, 0) is 46.3 Å². The molecular weight excluding hydrogens is 333 g/mol. The Balaban J connectivity index is 2.01.